The van der Waals surface area contributed by atoms with Crippen molar-refractivity contribution >= 4 is 43.9 Å². The van der Waals surface area contributed by atoms with E-state index in [0.29, 0.717) is 28.0 Å². The number of nitrogens with one attached hydrogen (secondary N) is 1. The van der Waals surface area contributed by atoms with Crippen molar-refractivity contribution in [2.75, 3.05) is 0 Å². The molecule has 3 nitrogen and oxygen atoms in total. The molecule has 3 aromatic carbocycles. The van der Waals surface area contributed by atoms with Gasteiger partial charge in [0.1, 0.15) is 6.04 Å². The maximum Gasteiger partial charge on any atom is 0.407 e. The molecule has 0 aliphatic rings. The molecule has 176 valence electrons. The fraction of sp³-hybridized carbons (Fsp3) is 0.148. The quantitative estimate of drug-likeness (QED) is 0.253. The van der Waals surface area contributed by atoms with Crippen LogP contribution < -0.4 is 5.32 Å². The van der Waals surface area contributed by atoms with Crippen LogP contribution in [0.4, 0.5) is 13.2 Å². The van der Waals surface area contributed by atoms with Crippen molar-refractivity contribution < 1.29 is 13.2 Å². The number of alkyl halides is 3. The Labute approximate surface area is 209 Å². The Kier molecular flexibility index (Phi) is 6.28. The van der Waals surface area contributed by atoms with Crippen LogP contribution in [0.1, 0.15) is 28.3 Å². The topological polar surface area (TPSA) is 40.8 Å². The molecule has 5 rings (SSSR count). The average molecular weight is 510 g/mol. The summed E-state index contributed by atoms with van der Waals surface area (Å²) >= 11 is 7.58. The molecule has 2 heterocycles. The van der Waals surface area contributed by atoms with E-state index in [-0.39, 0.29) is 12.1 Å². The molecule has 0 aliphatic carbocycles. The lowest BCUT2D eigenvalue weighted by atomic mass is 10.0. The Morgan fingerprint density at radius 1 is 1.00 bits per heavy atom. The number of fused-ring (bicyclic) bond motifs is 2. The molecule has 1 unspecified atom stereocenters. The van der Waals surface area contributed by atoms with Gasteiger partial charge in [-0.1, -0.05) is 35.9 Å². The third-order valence-corrected chi connectivity index (χ3v) is 7.12. The average Bonchev–Trinajstić information content (AvgIpc) is 3.44. The fourth-order valence-electron chi connectivity index (χ4n) is 4.29. The summed E-state index contributed by atoms with van der Waals surface area (Å²) in [6.07, 6.45) is -2.98. The highest BCUT2D eigenvalue weighted by Crippen LogP contribution is 2.38. The van der Waals surface area contributed by atoms with Gasteiger partial charge in [0.15, 0.2) is 0 Å². The summed E-state index contributed by atoms with van der Waals surface area (Å²) in [5, 5.41) is 16.1. The summed E-state index contributed by atoms with van der Waals surface area (Å²) in [5.41, 5.74) is 2.76. The van der Waals surface area contributed by atoms with E-state index in [0.717, 1.165) is 21.2 Å². The minimum atomic E-state index is -4.51. The van der Waals surface area contributed by atoms with Crippen molar-refractivity contribution in [3.63, 3.8) is 0 Å². The van der Waals surface area contributed by atoms with Gasteiger partial charge in [-0.15, -0.1) is 11.3 Å². The van der Waals surface area contributed by atoms with E-state index < -0.39 is 12.2 Å². The van der Waals surface area contributed by atoms with E-state index in [4.69, 9.17) is 11.6 Å². The van der Waals surface area contributed by atoms with Gasteiger partial charge in [0.05, 0.1) is 11.6 Å². The summed E-state index contributed by atoms with van der Waals surface area (Å²) in [7, 11) is 0. The van der Waals surface area contributed by atoms with Crippen LogP contribution >= 0.6 is 22.9 Å². The first-order chi connectivity index (χ1) is 16.8. The molecule has 2 aromatic heterocycles. The summed E-state index contributed by atoms with van der Waals surface area (Å²) in [6.45, 7) is 0.415. The van der Waals surface area contributed by atoms with Gasteiger partial charge in [-0.25, -0.2) is 0 Å². The van der Waals surface area contributed by atoms with Gasteiger partial charge >= 0.3 is 6.18 Å². The van der Waals surface area contributed by atoms with Crippen LogP contribution in [0.2, 0.25) is 5.02 Å². The Morgan fingerprint density at radius 3 is 2.51 bits per heavy atom. The maximum atomic E-state index is 14.3. The number of rotatable bonds is 6. The third kappa shape index (κ3) is 4.92. The highest BCUT2D eigenvalue weighted by molar-refractivity contribution is 7.17. The number of aromatic nitrogens is 1. The zero-order valence-corrected chi connectivity index (χ0v) is 19.9. The van der Waals surface area contributed by atoms with Gasteiger partial charge < -0.3 is 4.57 Å². The van der Waals surface area contributed by atoms with Crippen molar-refractivity contribution in [3.8, 4) is 6.07 Å². The molecule has 8 heteroatoms. The Balaban J connectivity index is 1.53. The normalized spacial score (nSPS) is 12.8. The lowest BCUT2D eigenvalue weighted by Gasteiger charge is -2.22. The first kappa shape index (κ1) is 23.4. The Hall–Kier alpha value is -3.31. The highest BCUT2D eigenvalue weighted by Gasteiger charge is 2.42. The van der Waals surface area contributed by atoms with Crippen LogP contribution in [0.25, 0.3) is 21.0 Å². The minimum absolute atomic E-state index is 0.0656. The molecular weight excluding hydrogens is 491 g/mol. The summed E-state index contributed by atoms with van der Waals surface area (Å²) in [5.74, 6) is 0. The summed E-state index contributed by atoms with van der Waals surface area (Å²) < 4.78 is 45.8. The van der Waals surface area contributed by atoms with E-state index in [1.165, 1.54) is 6.20 Å². The molecule has 0 saturated carbocycles. The summed E-state index contributed by atoms with van der Waals surface area (Å²) in [4.78, 5) is 0. The van der Waals surface area contributed by atoms with Gasteiger partial charge in [0.25, 0.3) is 0 Å². The van der Waals surface area contributed by atoms with Gasteiger partial charge in [0, 0.05) is 45.5 Å². The Morgan fingerprint density at radius 2 is 1.77 bits per heavy atom. The molecule has 0 bridgehead atoms. The standard InChI is InChI=1S/C27H19ClF3N3S/c28-21-5-1-17(2-6-21)15-34-16-23(22-7-3-18(13-32)12-24(22)34)26(27(29,30)31)33-14-19-4-8-25-20(11-19)9-10-35-25/h1-12,16,26,33H,14-15H2. The van der Waals surface area contributed by atoms with Crippen LogP contribution in [0, 0.1) is 11.3 Å². The van der Waals surface area contributed by atoms with E-state index in [2.05, 4.69) is 11.4 Å². The number of nitriles is 1. The molecule has 0 spiro atoms. The van der Waals surface area contributed by atoms with Gasteiger partial charge in [-0.3, -0.25) is 5.32 Å². The molecule has 0 aliphatic heterocycles. The molecular formula is C27H19ClF3N3S. The maximum absolute atomic E-state index is 14.3. The van der Waals surface area contributed by atoms with Crippen LogP contribution in [-0.4, -0.2) is 10.7 Å². The molecule has 1 atom stereocenters. The predicted octanol–water partition coefficient (Wildman–Crippen LogP) is 7.82. The molecule has 0 fully saturated rings. The van der Waals surface area contributed by atoms with Gasteiger partial charge in [-0.05, 0) is 64.4 Å². The minimum Gasteiger partial charge on any atom is -0.343 e. The fourth-order valence-corrected chi connectivity index (χ4v) is 5.18. The molecule has 0 saturated heterocycles. The van der Waals surface area contributed by atoms with E-state index >= 15 is 0 Å². The molecule has 0 radical (unpaired) electrons. The number of hydrogen-bond acceptors (Lipinski definition) is 3. The van der Waals surface area contributed by atoms with E-state index in [9.17, 15) is 18.4 Å². The van der Waals surface area contributed by atoms with Crippen molar-refractivity contribution in [1.29, 1.82) is 5.26 Å². The number of hydrogen-bond donors (Lipinski definition) is 1. The largest absolute Gasteiger partial charge is 0.407 e. The lowest BCUT2D eigenvalue weighted by Crippen LogP contribution is -2.33. The number of nitrogens with zero attached hydrogens (tertiary/aromatic N) is 2. The van der Waals surface area contributed by atoms with Gasteiger partial charge in [0.2, 0.25) is 0 Å². The van der Waals surface area contributed by atoms with E-state index in [1.54, 1.807) is 46.2 Å². The predicted molar refractivity (Wildman–Crippen MR) is 135 cm³/mol. The highest BCUT2D eigenvalue weighted by atomic mass is 35.5. The summed E-state index contributed by atoms with van der Waals surface area (Å²) in [6, 6.07) is 19.8. The molecule has 5 aromatic rings. The molecule has 35 heavy (non-hydrogen) atoms. The van der Waals surface area contributed by atoms with Crippen molar-refractivity contribution in [2.45, 2.75) is 25.3 Å². The van der Waals surface area contributed by atoms with Crippen molar-refractivity contribution in [2.24, 2.45) is 0 Å². The first-order valence-electron chi connectivity index (χ1n) is 10.9. The molecule has 0 amide bonds. The zero-order chi connectivity index (χ0) is 24.6. The lowest BCUT2D eigenvalue weighted by molar-refractivity contribution is -0.157. The van der Waals surface area contributed by atoms with Crippen LogP contribution in [0.3, 0.4) is 0 Å². The van der Waals surface area contributed by atoms with Crippen molar-refractivity contribution in [3.05, 3.63) is 106 Å². The SMILES string of the molecule is N#Cc1ccc2c(C(NCc3ccc4sccc4c3)C(F)(F)F)cn(Cc3ccc(Cl)cc3)c2c1. The monoisotopic (exact) mass is 509 g/mol. The van der Waals surface area contributed by atoms with Crippen molar-refractivity contribution in [1.82, 2.24) is 9.88 Å². The second-order valence-electron chi connectivity index (χ2n) is 8.33. The third-order valence-electron chi connectivity index (χ3n) is 5.97. The van der Waals surface area contributed by atoms with Crippen LogP contribution in [0.5, 0.6) is 0 Å². The Bertz CT molecular complexity index is 1540. The number of halogens is 4. The van der Waals surface area contributed by atoms with E-state index in [1.807, 2.05) is 41.8 Å². The van der Waals surface area contributed by atoms with Gasteiger partial charge in [-0.2, -0.15) is 18.4 Å². The van der Waals surface area contributed by atoms with Crippen LogP contribution in [-0.2, 0) is 13.1 Å². The first-order valence-corrected chi connectivity index (χ1v) is 12.1. The zero-order valence-electron chi connectivity index (χ0n) is 18.3. The second-order valence-corrected chi connectivity index (χ2v) is 9.71. The number of thiophene rings is 1. The smallest absolute Gasteiger partial charge is 0.343 e. The number of benzene rings is 3. The molecule has 1 N–H and O–H groups in total. The van der Waals surface area contributed by atoms with Crippen LogP contribution in [0.15, 0.2) is 78.3 Å². The second kappa shape index (κ2) is 9.38.